The molecule has 2 aromatic rings. The van der Waals surface area contributed by atoms with Gasteiger partial charge in [0.05, 0.1) is 6.61 Å². The molecule has 0 heterocycles. The monoisotopic (exact) mass is 325 g/mol. The van der Waals surface area contributed by atoms with Crippen molar-refractivity contribution < 1.29 is 9.84 Å². The van der Waals surface area contributed by atoms with E-state index < -0.39 is 0 Å². The van der Waals surface area contributed by atoms with Crippen molar-refractivity contribution >= 4 is 23.2 Å². The maximum Gasteiger partial charge on any atom is 0.119 e. The van der Waals surface area contributed by atoms with E-state index in [1.165, 1.54) is 0 Å². The number of nitrogens with one attached hydrogen (secondary N) is 1. The van der Waals surface area contributed by atoms with Gasteiger partial charge in [-0.3, -0.25) is 0 Å². The third-order valence-corrected chi connectivity index (χ3v) is 3.69. The summed E-state index contributed by atoms with van der Waals surface area (Å²) in [6.45, 7) is 1.78. The van der Waals surface area contributed by atoms with E-state index in [2.05, 4.69) is 5.32 Å². The normalized spacial score (nSPS) is 10.6. The Labute approximate surface area is 134 Å². The molecule has 0 aliphatic rings. The summed E-state index contributed by atoms with van der Waals surface area (Å²) < 4.78 is 5.71. The van der Waals surface area contributed by atoms with Crippen molar-refractivity contribution in [3.63, 3.8) is 0 Å². The van der Waals surface area contributed by atoms with Crippen molar-refractivity contribution in [2.24, 2.45) is 0 Å². The summed E-state index contributed by atoms with van der Waals surface area (Å²) in [5.74, 6) is 0.761. The Hall–Kier alpha value is -1.26. The molecule has 2 rings (SSSR count). The molecule has 0 spiro atoms. The number of halogens is 2. The fourth-order valence-electron chi connectivity index (χ4n) is 1.84. The summed E-state index contributed by atoms with van der Waals surface area (Å²) >= 11 is 12.2. The Kier molecular flexibility index (Phi) is 6.33. The van der Waals surface area contributed by atoms with Crippen LogP contribution in [0.5, 0.6) is 5.75 Å². The fraction of sp³-hybridized carbons (Fsp3) is 0.250. The second-order valence-corrected chi connectivity index (χ2v) is 5.35. The third-order valence-electron chi connectivity index (χ3n) is 2.99. The van der Waals surface area contributed by atoms with Crippen LogP contribution in [-0.4, -0.2) is 18.3 Å². The van der Waals surface area contributed by atoms with Crippen LogP contribution in [0.15, 0.2) is 42.5 Å². The summed E-state index contributed by atoms with van der Waals surface area (Å²) in [7, 11) is 0. The van der Waals surface area contributed by atoms with Crippen LogP contribution in [0, 0.1) is 0 Å². The van der Waals surface area contributed by atoms with Crippen molar-refractivity contribution in [2.45, 2.75) is 13.2 Å². The number of hydrogen-bond acceptors (Lipinski definition) is 3. The predicted octanol–water partition coefficient (Wildman–Crippen LogP) is 3.65. The highest BCUT2D eigenvalue weighted by molar-refractivity contribution is 6.35. The number of aliphatic hydroxyl groups is 1. The Morgan fingerprint density at radius 1 is 1.00 bits per heavy atom. The highest BCUT2D eigenvalue weighted by atomic mass is 35.5. The van der Waals surface area contributed by atoms with Crippen molar-refractivity contribution in [3.8, 4) is 5.75 Å². The van der Waals surface area contributed by atoms with Gasteiger partial charge in [-0.05, 0) is 29.8 Å². The zero-order chi connectivity index (χ0) is 15.1. The molecule has 0 atom stereocenters. The highest BCUT2D eigenvalue weighted by Gasteiger charge is 2.06. The van der Waals surface area contributed by atoms with Gasteiger partial charge >= 0.3 is 0 Å². The first-order valence-corrected chi connectivity index (χ1v) is 7.42. The first-order chi connectivity index (χ1) is 10.2. The molecule has 0 saturated heterocycles. The quantitative estimate of drug-likeness (QED) is 0.763. The van der Waals surface area contributed by atoms with Crippen LogP contribution in [0.25, 0.3) is 0 Å². The molecule has 3 nitrogen and oxygen atoms in total. The first kappa shape index (κ1) is 16.1. The standard InChI is InChI=1S/C16H17Cl2NO2/c17-15-2-1-3-16(18)14(15)11-21-13-6-4-12(5-7-13)10-19-8-9-20/h1-7,19-20H,8-11H2. The molecule has 0 bridgehead atoms. The zero-order valence-corrected chi connectivity index (χ0v) is 13.0. The minimum Gasteiger partial charge on any atom is -0.489 e. The van der Waals surface area contributed by atoms with Crippen LogP contribution in [0.4, 0.5) is 0 Å². The molecule has 112 valence electrons. The topological polar surface area (TPSA) is 41.5 Å². The number of aliphatic hydroxyl groups excluding tert-OH is 1. The van der Waals surface area contributed by atoms with Crippen LogP contribution < -0.4 is 10.1 Å². The molecule has 2 N–H and O–H groups in total. The maximum absolute atomic E-state index is 8.71. The van der Waals surface area contributed by atoms with Crippen LogP contribution in [0.1, 0.15) is 11.1 Å². The molecule has 0 amide bonds. The minimum absolute atomic E-state index is 0.139. The van der Waals surface area contributed by atoms with Crippen LogP contribution >= 0.6 is 23.2 Å². The van der Waals surface area contributed by atoms with Gasteiger partial charge in [0.15, 0.2) is 0 Å². The van der Waals surface area contributed by atoms with Gasteiger partial charge in [-0.1, -0.05) is 41.4 Å². The van der Waals surface area contributed by atoms with Crippen molar-refractivity contribution in [3.05, 3.63) is 63.6 Å². The van der Waals surface area contributed by atoms with E-state index in [1.54, 1.807) is 12.1 Å². The van der Waals surface area contributed by atoms with Crippen LogP contribution in [-0.2, 0) is 13.2 Å². The molecule has 5 heteroatoms. The lowest BCUT2D eigenvalue weighted by molar-refractivity contribution is 0.292. The summed E-state index contributed by atoms with van der Waals surface area (Å²) in [5.41, 5.74) is 1.92. The summed E-state index contributed by atoms with van der Waals surface area (Å²) in [6.07, 6.45) is 0. The van der Waals surface area contributed by atoms with Crippen molar-refractivity contribution in [2.75, 3.05) is 13.2 Å². The molecule has 21 heavy (non-hydrogen) atoms. The van der Waals surface area contributed by atoms with Gasteiger partial charge in [0.1, 0.15) is 12.4 Å². The summed E-state index contributed by atoms with van der Waals surface area (Å²) in [6, 6.07) is 13.2. The Balaban J connectivity index is 1.92. The average molecular weight is 326 g/mol. The molecule has 0 radical (unpaired) electrons. The lowest BCUT2D eigenvalue weighted by Gasteiger charge is -2.10. The molecule has 2 aromatic carbocycles. The van der Waals surface area contributed by atoms with Gasteiger partial charge in [-0.15, -0.1) is 0 Å². The van der Waals surface area contributed by atoms with Gasteiger partial charge in [0.25, 0.3) is 0 Å². The largest absolute Gasteiger partial charge is 0.489 e. The van der Waals surface area contributed by atoms with Crippen LogP contribution in [0.3, 0.4) is 0 Å². The second-order valence-electron chi connectivity index (χ2n) is 4.53. The molecule has 0 saturated carbocycles. The number of rotatable bonds is 7. The van der Waals surface area contributed by atoms with Gasteiger partial charge in [-0.25, -0.2) is 0 Å². The van der Waals surface area contributed by atoms with E-state index in [-0.39, 0.29) is 6.61 Å². The Bertz CT molecular complexity index is 553. The zero-order valence-electron chi connectivity index (χ0n) is 11.5. The lowest BCUT2D eigenvalue weighted by Crippen LogP contribution is -2.17. The smallest absolute Gasteiger partial charge is 0.119 e. The Morgan fingerprint density at radius 2 is 1.67 bits per heavy atom. The molecule has 0 aliphatic heterocycles. The van der Waals surface area contributed by atoms with Crippen LogP contribution in [0.2, 0.25) is 10.0 Å². The number of benzene rings is 2. The molecule has 0 aromatic heterocycles. The minimum atomic E-state index is 0.139. The Morgan fingerprint density at radius 3 is 2.29 bits per heavy atom. The SMILES string of the molecule is OCCNCc1ccc(OCc2c(Cl)cccc2Cl)cc1. The van der Waals surface area contributed by atoms with Gasteiger partial charge in [-0.2, -0.15) is 0 Å². The van der Waals surface area contributed by atoms with Gasteiger partial charge in [0, 0.05) is 28.7 Å². The molecular weight excluding hydrogens is 309 g/mol. The van der Waals surface area contributed by atoms with Gasteiger partial charge in [0.2, 0.25) is 0 Å². The van der Waals surface area contributed by atoms with Crippen molar-refractivity contribution in [1.82, 2.24) is 5.32 Å². The summed E-state index contributed by atoms with van der Waals surface area (Å²) in [5, 5.41) is 13.0. The fourth-order valence-corrected chi connectivity index (χ4v) is 2.35. The molecular formula is C16H17Cl2NO2. The molecule has 0 fully saturated rings. The van der Waals surface area contributed by atoms with E-state index in [9.17, 15) is 0 Å². The number of ether oxygens (including phenoxy) is 1. The summed E-state index contributed by atoms with van der Waals surface area (Å²) in [4.78, 5) is 0. The maximum atomic E-state index is 8.71. The highest BCUT2D eigenvalue weighted by Crippen LogP contribution is 2.25. The molecule has 0 unspecified atom stereocenters. The van der Waals surface area contributed by atoms with Gasteiger partial charge < -0.3 is 15.2 Å². The lowest BCUT2D eigenvalue weighted by atomic mass is 10.2. The second kappa shape index (κ2) is 8.25. The van der Waals surface area contributed by atoms with E-state index in [0.717, 1.165) is 23.4 Å². The van der Waals surface area contributed by atoms with Crippen molar-refractivity contribution in [1.29, 1.82) is 0 Å². The van der Waals surface area contributed by atoms with E-state index in [0.29, 0.717) is 23.2 Å². The van der Waals surface area contributed by atoms with E-state index >= 15 is 0 Å². The number of hydrogen-bond donors (Lipinski definition) is 2. The van der Waals surface area contributed by atoms with E-state index in [4.69, 9.17) is 33.0 Å². The van der Waals surface area contributed by atoms with E-state index in [1.807, 2.05) is 30.3 Å². The third kappa shape index (κ3) is 4.90. The molecule has 0 aliphatic carbocycles. The average Bonchev–Trinajstić information content (AvgIpc) is 2.48. The predicted molar refractivity (Wildman–Crippen MR) is 86.0 cm³/mol. The first-order valence-electron chi connectivity index (χ1n) is 6.67.